The first-order valence-corrected chi connectivity index (χ1v) is 7.97. The molecular weight excluding hydrogens is 288 g/mol. The van der Waals surface area contributed by atoms with Crippen molar-refractivity contribution in [3.8, 4) is 0 Å². The molecule has 1 aromatic heterocycles. The zero-order valence-corrected chi connectivity index (χ0v) is 12.7. The van der Waals surface area contributed by atoms with Gasteiger partial charge in [-0.05, 0) is 12.1 Å². The number of pyridine rings is 1. The summed E-state index contributed by atoms with van der Waals surface area (Å²) >= 11 is 5.96. The summed E-state index contributed by atoms with van der Waals surface area (Å²) in [5, 5.41) is -0.348. The van der Waals surface area contributed by atoms with Crippen molar-refractivity contribution in [2.45, 2.75) is 11.8 Å². The Morgan fingerprint density at radius 3 is 2.79 bits per heavy atom. The van der Waals surface area contributed by atoms with Gasteiger partial charge in [-0.25, -0.2) is 12.7 Å². The van der Waals surface area contributed by atoms with Crippen LogP contribution < -0.4 is 0 Å². The van der Waals surface area contributed by atoms with E-state index >= 15 is 0 Å². The van der Waals surface area contributed by atoms with E-state index < -0.39 is 10.0 Å². The van der Waals surface area contributed by atoms with Crippen molar-refractivity contribution in [3.63, 3.8) is 0 Å². The third-order valence-electron chi connectivity index (χ3n) is 2.62. The van der Waals surface area contributed by atoms with Gasteiger partial charge in [-0.1, -0.05) is 6.07 Å². The first kappa shape index (κ1) is 16.4. The summed E-state index contributed by atoms with van der Waals surface area (Å²) in [6, 6.07) is 5.45. The van der Waals surface area contributed by atoms with Crippen molar-refractivity contribution < 1.29 is 13.2 Å². The molecular formula is C12H19ClN2O3S. The van der Waals surface area contributed by atoms with Gasteiger partial charge in [0.25, 0.3) is 0 Å². The van der Waals surface area contributed by atoms with Crippen molar-refractivity contribution in [2.75, 3.05) is 33.1 Å². The first-order valence-electron chi connectivity index (χ1n) is 5.92. The molecule has 1 atom stereocenters. The Bertz CT molecular complexity index is 467. The molecule has 0 radical (unpaired) electrons. The van der Waals surface area contributed by atoms with Crippen LogP contribution in [0.5, 0.6) is 0 Å². The highest BCUT2D eigenvalue weighted by Gasteiger charge is 2.20. The lowest BCUT2D eigenvalue weighted by Gasteiger charge is -2.19. The monoisotopic (exact) mass is 306 g/mol. The van der Waals surface area contributed by atoms with Crippen LogP contribution in [0.4, 0.5) is 0 Å². The smallest absolute Gasteiger partial charge is 0.214 e. The maximum Gasteiger partial charge on any atom is 0.214 e. The van der Waals surface area contributed by atoms with Crippen LogP contribution in [0.3, 0.4) is 0 Å². The van der Waals surface area contributed by atoms with Gasteiger partial charge in [0.15, 0.2) is 0 Å². The Morgan fingerprint density at radius 2 is 2.21 bits per heavy atom. The molecule has 0 aliphatic heterocycles. The van der Waals surface area contributed by atoms with Gasteiger partial charge < -0.3 is 4.74 Å². The number of alkyl halides is 1. The topological polar surface area (TPSA) is 59.5 Å². The number of rotatable bonds is 8. The molecule has 0 fully saturated rings. The lowest BCUT2D eigenvalue weighted by molar-refractivity contribution is 0.192. The Balaban J connectivity index is 2.51. The molecule has 1 unspecified atom stereocenters. The van der Waals surface area contributed by atoms with Crippen molar-refractivity contribution >= 4 is 21.6 Å². The van der Waals surface area contributed by atoms with Crippen LogP contribution in [-0.4, -0.2) is 56.1 Å². The van der Waals surface area contributed by atoms with E-state index in [1.807, 2.05) is 12.1 Å². The second-order valence-electron chi connectivity index (χ2n) is 4.22. The van der Waals surface area contributed by atoms with Crippen molar-refractivity contribution in [1.29, 1.82) is 0 Å². The van der Waals surface area contributed by atoms with E-state index in [1.54, 1.807) is 12.3 Å². The first-order chi connectivity index (χ1) is 8.95. The summed E-state index contributed by atoms with van der Waals surface area (Å²) in [6.07, 6.45) is 2.05. The highest BCUT2D eigenvalue weighted by Crippen LogP contribution is 2.07. The Kier molecular flexibility index (Phi) is 6.71. The van der Waals surface area contributed by atoms with E-state index in [0.717, 1.165) is 5.69 Å². The molecule has 19 heavy (non-hydrogen) atoms. The van der Waals surface area contributed by atoms with Crippen LogP contribution in [0.25, 0.3) is 0 Å². The number of sulfonamides is 1. The highest BCUT2D eigenvalue weighted by molar-refractivity contribution is 7.89. The van der Waals surface area contributed by atoms with Gasteiger partial charge in [0, 0.05) is 39.0 Å². The van der Waals surface area contributed by atoms with Crippen LogP contribution in [0.1, 0.15) is 5.69 Å². The normalized spacial score (nSPS) is 13.7. The lowest BCUT2D eigenvalue weighted by atomic mass is 10.3. The zero-order valence-electron chi connectivity index (χ0n) is 11.1. The lowest BCUT2D eigenvalue weighted by Crippen LogP contribution is -2.36. The molecule has 0 saturated carbocycles. The third kappa shape index (κ3) is 5.86. The van der Waals surface area contributed by atoms with Gasteiger partial charge in [-0.15, -0.1) is 11.6 Å². The number of halogens is 1. The van der Waals surface area contributed by atoms with Gasteiger partial charge in [0.1, 0.15) is 0 Å². The number of aryl methyl sites for hydroxylation is 1. The van der Waals surface area contributed by atoms with E-state index in [2.05, 4.69) is 4.98 Å². The average molecular weight is 307 g/mol. The summed E-state index contributed by atoms with van der Waals surface area (Å²) in [6.45, 7) is 0.557. The van der Waals surface area contributed by atoms with Crippen molar-refractivity contribution in [2.24, 2.45) is 0 Å². The Hall–Kier alpha value is -0.690. The maximum absolute atomic E-state index is 12.0. The van der Waals surface area contributed by atoms with Crippen LogP contribution in [0, 0.1) is 0 Å². The average Bonchev–Trinajstić information content (AvgIpc) is 2.38. The number of methoxy groups -OCH3 is 1. The molecule has 0 saturated heterocycles. The molecule has 0 N–H and O–H groups in total. The standard InChI is InChI=1S/C12H19ClN2O3S/c1-15(9-11(13)10-18-2)19(16,17)8-6-12-5-3-4-7-14-12/h3-5,7,11H,6,8-10H2,1-2H3. The molecule has 5 nitrogen and oxygen atoms in total. The highest BCUT2D eigenvalue weighted by atomic mass is 35.5. The maximum atomic E-state index is 12.0. The predicted molar refractivity (Wildman–Crippen MR) is 75.9 cm³/mol. The molecule has 0 bridgehead atoms. The molecule has 0 aliphatic rings. The van der Waals surface area contributed by atoms with E-state index in [1.165, 1.54) is 18.5 Å². The molecule has 0 aliphatic carbocycles. The van der Waals surface area contributed by atoms with Gasteiger partial charge in [0.05, 0.1) is 17.7 Å². The number of nitrogens with zero attached hydrogens (tertiary/aromatic N) is 2. The zero-order chi connectivity index (χ0) is 14.3. The van der Waals surface area contributed by atoms with Crippen LogP contribution >= 0.6 is 11.6 Å². The quantitative estimate of drug-likeness (QED) is 0.676. The minimum absolute atomic E-state index is 0.0249. The van der Waals surface area contributed by atoms with Gasteiger partial charge in [-0.3, -0.25) is 4.98 Å². The Morgan fingerprint density at radius 1 is 1.47 bits per heavy atom. The predicted octanol–water partition coefficient (Wildman–Crippen LogP) is 1.14. The molecule has 1 heterocycles. The largest absolute Gasteiger partial charge is 0.383 e. The number of aromatic nitrogens is 1. The minimum atomic E-state index is -3.32. The van der Waals surface area contributed by atoms with E-state index in [-0.39, 0.29) is 17.7 Å². The minimum Gasteiger partial charge on any atom is -0.383 e. The van der Waals surface area contributed by atoms with Crippen LogP contribution in [-0.2, 0) is 21.2 Å². The molecule has 108 valence electrons. The summed E-state index contributed by atoms with van der Waals surface area (Å²) in [4.78, 5) is 4.10. The van der Waals surface area contributed by atoms with Gasteiger partial charge >= 0.3 is 0 Å². The van der Waals surface area contributed by atoms with E-state index in [4.69, 9.17) is 16.3 Å². The SMILES string of the molecule is COCC(Cl)CN(C)S(=O)(=O)CCc1ccccn1. The summed E-state index contributed by atoms with van der Waals surface area (Å²) in [7, 11) is -0.259. The summed E-state index contributed by atoms with van der Waals surface area (Å²) < 4.78 is 30.2. The van der Waals surface area contributed by atoms with Crippen LogP contribution in [0.15, 0.2) is 24.4 Å². The summed E-state index contributed by atoms with van der Waals surface area (Å²) in [5.74, 6) is 0.0249. The molecule has 0 aromatic carbocycles. The molecule has 1 aromatic rings. The molecule has 1 rings (SSSR count). The Labute approximate surface area is 119 Å². The van der Waals surface area contributed by atoms with Crippen molar-refractivity contribution in [1.82, 2.24) is 9.29 Å². The van der Waals surface area contributed by atoms with Crippen LogP contribution in [0.2, 0.25) is 0 Å². The van der Waals surface area contributed by atoms with Gasteiger partial charge in [0.2, 0.25) is 10.0 Å². The third-order valence-corrected chi connectivity index (χ3v) is 4.70. The van der Waals surface area contributed by atoms with Crippen molar-refractivity contribution in [3.05, 3.63) is 30.1 Å². The molecule has 0 spiro atoms. The molecule has 7 heteroatoms. The summed E-state index contributed by atoms with van der Waals surface area (Å²) in [5.41, 5.74) is 0.763. The number of ether oxygens (including phenoxy) is 1. The fourth-order valence-corrected chi connectivity index (χ4v) is 3.16. The number of hydrogen-bond acceptors (Lipinski definition) is 4. The van der Waals surface area contributed by atoms with E-state index in [9.17, 15) is 8.42 Å². The van der Waals surface area contributed by atoms with Gasteiger partial charge in [-0.2, -0.15) is 0 Å². The fourth-order valence-electron chi connectivity index (χ4n) is 1.56. The fraction of sp³-hybridized carbons (Fsp3) is 0.583. The number of hydrogen-bond donors (Lipinski definition) is 0. The second-order valence-corrected chi connectivity index (χ2v) is 7.03. The van der Waals surface area contributed by atoms with E-state index in [0.29, 0.717) is 13.0 Å². The second kappa shape index (κ2) is 7.79. The molecule has 0 amide bonds.